The maximum atomic E-state index is 13.3. The Hall–Kier alpha value is -2.36. The molecule has 23 heavy (non-hydrogen) atoms. The third-order valence-electron chi connectivity index (χ3n) is 4.48. The highest BCUT2D eigenvalue weighted by Gasteiger charge is 2.27. The monoisotopic (exact) mass is 313 g/mol. The zero-order valence-corrected chi connectivity index (χ0v) is 13.1. The third-order valence-corrected chi connectivity index (χ3v) is 4.48. The smallest absolute Gasteiger partial charge is 0.227 e. The fourth-order valence-corrected chi connectivity index (χ4v) is 3.13. The Labute approximate surface area is 135 Å². The van der Waals surface area contributed by atoms with Gasteiger partial charge in [0.2, 0.25) is 5.91 Å². The van der Waals surface area contributed by atoms with Crippen molar-refractivity contribution in [2.75, 3.05) is 13.1 Å². The molecular weight excluding hydrogens is 293 g/mol. The molecule has 1 amide bonds. The van der Waals surface area contributed by atoms with Crippen molar-refractivity contribution in [3.63, 3.8) is 0 Å². The Kier molecular flexibility index (Phi) is 4.33. The molecule has 1 aliphatic rings. The van der Waals surface area contributed by atoms with Gasteiger partial charge in [-0.25, -0.2) is 4.39 Å². The van der Waals surface area contributed by atoms with Crippen LogP contribution in [0.15, 0.2) is 42.5 Å². The maximum absolute atomic E-state index is 13.3. The summed E-state index contributed by atoms with van der Waals surface area (Å²) in [4.78, 5) is 14.3. The number of likely N-dealkylation sites (tertiary alicyclic amines) is 1. The topological polar surface area (TPSA) is 40.5 Å². The van der Waals surface area contributed by atoms with E-state index in [1.807, 2.05) is 24.0 Å². The molecule has 3 nitrogen and oxygen atoms in total. The van der Waals surface area contributed by atoms with Crippen LogP contribution in [0.5, 0.6) is 5.75 Å². The van der Waals surface area contributed by atoms with Crippen molar-refractivity contribution in [3.05, 3.63) is 65.0 Å². The summed E-state index contributed by atoms with van der Waals surface area (Å²) in [6.07, 6.45) is 1.20. The molecule has 4 heteroatoms. The number of benzene rings is 2. The summed E-state index contributed by atoms with van der Waals surface area (Å²) in [5.41, 5.74) is 2.63. The van der Waals surface area contributed by atoms with Crippen molar-refractivity contribution in [3.8, 4) is 5.75 Å². The molecule has 1 heterocycles. The SMILES string of the molecule is Cc1cc(CC(=O)N2CC[C@@H](c3cccc(F)c3)C2)ccc1O. The number of amides is 1. The lowest BCUT2D eigenvalue weighted by atomic mass is 9.98. The lowest BCUT2D eigenvalue weighted by molar-refractivity contribution is -0.129. The molecule has 0 saturated carbocycles. The van der Waals surface area contributed by atoms with Crippen LogP contribution in [0.4, 0.5) is 4.39 Å². The van der Waals surface area contributed by atoms with E-state index in [1.54, 1.807) is 24.3 Å². The van der Waals surface area contributed by atoms with Crippen molar-refractivity contribution in [2.24, 2.45) is 0 Å². The molecule has 1 fully saturated rings. The van der Waals surface area contributed by atoms with E-state index in [9.17, 15) is 14.3 Å². The Morgan fingerprint density at radius 3 is 2.87 bits per heavy atom. The molecule has 1 atom stereocenters. The standard InChI is InChI=1S/C19H20FNO2/c1-13-9-14(5-6-18(13)22)10-19(23)21-8-7-16(12-21)15-3-2-4-17(20)11-15/h2-6,9,11,16,22H,7-8,10,12H2,1H3/t16-/m1/s1. The molecule has 0 aromatic heterocycles. The zero-order valence-electron chi connectivity index (χ0n) is 13.1. The number of nitrogens with zero attached hydrogens (tertiary/aromatic N) is 1. The number of phenols is 1. The second-order valence-corrected chi connectivity index (χ2v) is 6.18. The number of halogens is 1. The van der Waals surface area contributed by atoms with E-state index in [2.05, 4.69) is 0 Å². The minimum atomic E-state index is -0.230. The van der Waals surface area contributed by atoms with Crippen molar-refractivity contribution < 1.29 is 14.3 Å². The second-order valence-electron chi connectivity index (χ2n) is 6.18. The van der Waals surface area contributed by atoms with Gasteiger partial charge in [0.05, 0.1) is 6.42 Å². The number of rotatable bonds is 3. The van der Waals surface area contributed by atoms with Crippen LogP contribution in [0.1, 0.15) is 29.0 Å². The number of hydrogen-bond acceptors (Lipinski definition) is 2. The van der Waals surface area contributed by atoms with Gasteiger partial charge in [0.25, 0.3) is 0 Å². The van der Waals surface area contributed by atoms with Crippen LogP contribution >= 0.6 is 0 Å². The third kappa shape index (κ3) is 3.52. The first-order chi connectivity index (χ1) is 11.0. The molecule has 0 radical (unpaired) electrons. The van der Waals surface area contributed by atoms with Crippen molar-refractivity contribution >= 4 is 5.91 Å². The van der Waals surface area contributed by atoms with Gasteiger partial charge in [0, 0.05) is 19.0 Å². The van der Waals surface area contributed by atoms with Crippen LogP contribution in [0.2, 0.25) is 0 Å². The molecule has 2 aromatic carbocycles. The second kappa shape index (κ2) is 6.41. The fraction of sp³-hybridized carbons (Fsp3) is 0.316. The Morgan fingerprint density at radius 1 is 1.30 bits per heavy atom. The Morgan fingerprint density at radius 2 is 2.13 bits per heavy atom. The quantitative estimate of drug-likeness (QED) is 0.943. The van der Waals surface area contributed by atoms with Crippen LogP contribution in [-0.2, 0) is 11.2 Å². The van der Waals surface area contributed by atoms with E-state index in [1.165, 1.54) is 6.07 Å². The Balaban J connectivity index is 1.64. The number of carbonyl (C=O) groups excluding carboxylic acids is 1. The molecule has 1 aliphatic heterocycles. The lowest BCUT2D eigenvalue weighted by Crippen LogP contribution is -2.29. The predicted octanol–water partition coefficient (Wildman–Crippen LogP) is 3.40. The summed E-state index contributed by atoms with van der Waals surface area (Å²) in [6, 6.07) is 11.9. The van der Waals surface area contributed by atoms with Gasteiger partial charge in [0.1, 0.15) is 11.6 Å². The van der Waals surface area contributed by atoms with Gasteiger partial charge in [0.15, 0.2) is 0 Å². The zero-order chi connectivity index (χ0) is 16.4. The van der Waals surface area contributed by atoms with Crippen LogP contribution in [-0.4, -0.2) is 29.0 Å². The van der Waals surface area contributed by atoms with Gasteiger partial charge in [-0.3, -0.25) is 4.79 Å². The first-order valence-corrected chi connectivity index (χ1v) is 7.84. The molecule has 3 rings (SSSR count). The summed E-state index contributed by atoms with van der Waals surface area (Å²) >= 11 is 0. The van der Waals surface area contributed by atoms with E-state index >= 15 is 0 Å². The van der Waals surface area contributed by atoms with Crippen molar-refractivity contribution in [1.82, 2.24) is 4.90 Å². The first kappa shape index (κ1) is 15.5. The van der Waals surface area contributed by atoms with Crippen LogP contribution < -0.4 is 0 Å². The van der Waals surface area contributed by atoms with Gasteiger partial charge in [-0.2, -0.15) is 0 Å². The summed E-state index contributed by atoms with van der Waals surface area (Å²) < 4.78 is 13.3. The van der Waals surface area contributed by atoms with Crippen molar-refractivity contribution in [1.29, 1.82) is 0 Å². The molecular formula is C19H20FNO2. The number of hydrogen-bond donors (Lipinski definition) is 1. The highest BCUT2D eigenvalue weighted by Crippen LogP contribution is 2.28. The molecule has 0 bridgehead atoms. The highest BCUT2D eigenvalue weighted by molar-refractivity contribution is 5.79. The first-order valence-electron chi connectivity index (χ1n) is 7.84. The van der Waals surface area contributed by atoms with E-state index in [0.717, 1.165) is 23.1 Å². The maximum Gasteiger partial charge on any atom is 0.227 e. The number of phenolic OH excluding ortho intramolecular Hbond substituents is 1. The lowest BCUT2D eigenvalue weighted by Gasteiger charge is -2.17. The fourth-order valence-electron chi connectivity index (χ4n) is 3.13. The molecule has 0 aliphatic carbocycles. The van der Waals surface area contributed by atoms with Crippen LogP contribution in [0.25, 0.3) is 0 Å². The summed E-state index contributed by atoms with van der Waals surface area (Å²) in [6.45, 7) is 3.16. The van der Waals surface area contributed by atoms with Crippen LogP contribution in [0, 0.1) is 12.7 Å². The Bertz CT molecular complexity index is 729. The summed E-state index contributed by atoms with van der Waals surface area (Å²) in [5, 5.41) is 9.55. The molecule has 0 spiro atoms. The van der Waals surface area contributed by atoms with E-state index in [-0.39, 0.29) is 23.4 Å². The minimum Gasteiger partial charge on any atom is -0.508 e. The molecule has 120 valence electrons. The number of carbonyl (C=O) groups is 1. The van der Waals surface area contributed by atoms with Gasteiger partial charge < -0.3 is 10.0 Å². The summed E-state index contributed by atoms with van der Waals surface area (Å²) in [7, 11) is 0. The van der Waals surface area contributed by atoms with Gasteiger partial charge in [-0.15, -0.1) is 0 Å². The largest absolute Gasteiger partial charge is 0.508 e. The van der Waals surface area contributed by atoms with Crippen molar-refractivity contribution in [2.45, 2.75) is 25.7 Å². The van der Waals surface area contributed by atoms with E-state index in [0.29, 0.717) is 19.5 Å². The van der Waals surface area contributed by atoms with E-state index in [4.69, 9.17) is 0 Å². The molecule has 1 saturated heterocycles. The van der Waals surface area contributed by atoms with Gasteiger partial charge in [-0.1, -0.05) is 24.3 Å². The molecule has 0 unspecified atom stereocenters. The highest BCUT2D eigenvalue weighted by atomic mass is 19.1. The average Bonchev–Trinajstić information content (AvgIpc) is 3.01. The molecule has 2 aromatic rings. The average molecular weight is 313 g/mol. The van der Waals surface area contributed by atoms with Gasteiger partial charge in [-0.05, 0) is 48.2 Å². The number of aromatic hydroxyl groups is 1. The normalized spacial score (nSPS) is 17.5. The predicted molar refractivity (Wildman–Crippen MR) is 86.9 cm³/mol. The summed E-state index contributed by atoms with van der Waals surface area (Å²) in [5.74, 6) is 0.297. The molecule has 1 N–H and O–H groups in total. The van der Waals surface area contributed by atoms with E-state index < -0.39 is 0 Å². The van der Waals surface area contributed by atoms with Gasteiger partial charge >= 0.3 is 0 Å². The van der Waals surface area contributed by atoms with Crippen LogP contribution in [0.3, 0.4) is 0 Å². The number of aryl methyl sites for hydroxylation is 1. The minimum absolute atomic E-state index is 0.0778.